The number of rotatable bonds is 4. The monoisotopic (exact) mass is 233 g/mol. The lowest BCUT2D eigenvalue weighted by Gasteiger charge is -1.98. The zero-order chi connectivity index (χ0) is 11.4. The second kappa shape index (κ2) is 5.23. The first-order chi connectivity index (χ1) is 7.83. The summed E-state index contributed by atoms with van der Waals surface area (Å²) in [6, 6.07) is 8.51. The van der Waals surface area contributed by atoms with Gasteiger partial charge in [-0.25, -0.2) is 4.98 Å². The molecule has 0 radical (unpaired) electrons. The molecule has 1 aromatic heterocycles. The van der Waals surface area contributed by atoms with Crippen LogP contribution in [0.2, 0.25) is 0 Å². The Balaban J connectivity index is 2.21. The largest absolute Gasteiger partial charge is 0.396 e. The standard InChI is InChI=1S/C13H15NOS/c1-2-10-3-5-11(6-4-10)13-14-9-12(16-13)7-8-15/h3-6,9,15H,2,7-8H2,1H3. The van der Waals surface area contributed by atoms with E-state index in [0.717, 1.165) is 21.9 Å². The van der Waals surface area contributed by atoms with Crippen LogP contribution in [0.25, 0.3) is 10.6 Å². The molecule has 3 heteroatoms. The van der Waals surface area contributed by atoms with Crippen LogP contribution in [0.3, 0.4) is 0 Å². The summed E-state index contributed by atoms with van der Waals surface area (Å²) in [5.74, 6) is 0. The maximum atomic E-state index is 8.85. The molecule has 2 rings (SSSR count). The fourth-order valence-electron chi connectivity index (χ4n) is 1.55. The fourth-order valence-corrected chi connectivity index (χ4v) is 2.46. The average Bonchev–Trinajstić information content (AvgIpc) is 2.78. The number of aromatic nitrogens is 1. The molecule has 0 aliphatic carbocycles. The maximum absolute atomic E-state index is 8.85. The first kappa shape index (κ1) is 11.3. The van der Waals surface area contributed by atoms with E-state index in [1.807, 2.05) is 6.20 Å². The predicted molar refractivity (Wildman–Crippen MR) is 67.7 cm³/mol. The van der Waals surface area contributed by atoms with Gasteiger partial charge in [-0.2, -0.15) is 0 Å². The van der Waals surface area contributed by atoms with Crippen LogP contribution in [0.1, 0.15) is 17.4 Å². The van der Waals surface area contributed by atoms with E-state index in [0.29, 0.717) is 6.42 Å². The lowest BCUT2D eigenvalue weighted by molar-refractivity contribution is 0.300. The van der Waals surface area contributed by atoms with Gasteiger partial charge in [0.2, 0.25) is 0 Å². The van der Waals surface area contributed by atoms with Crippen LogP contribution in [-0.4, -0.2) is 16.7 Å². The second-order valence-electron chi connectivity index (χ2n) is 3.66. The molecule has 0 amide bonds. The van der Waals surface area contributed by atoms with Crippen molar-refractivity contribution < 1.29 is 5.11 Å². The summed E-state index contributed by atoms with van der Waals surface area (Å²) in [5, 5.41) is 9.88. The Labute approximate surface area is 99.6 Å². The molecule has 0 fully saturated rings. The third kappa shape index (κ3) is 2.49. The number of hydrogen-bond donors (Lipinski definition) is 1. The number of aryl methyl sites for hydroxylation is 1. The van der Waals surface area contributed by atoms with Crippen molar-refractivity contribution in [3.05, 3.63) is 40.9 Å². The van der Waals surface area contributed by atoms with Crippen LogP contribution in [0.5, 0.6) is 0 Å². The highest BCUT2D eigenvalue weighted by molar-refractivity contribution is 7.15. The highest BCUT2D eigenvalue weighted by Crippen LogP contribution is 2.25. The van der Waals surface area contributed by atoms with E-state index in [1.165, 1.54) is 5.56 Å². The summed E-state index contributed by atoms with van der Waals surface area (Å²) in [6.07, 6.45) is 3.61. The van der Waals surface area contributed by atoms with Crippen LogP contribution >= 0.6 is 11.3 Å². The molecule has 0 aliphatic rings. The molecule has 1 aromatic carbocycles. The number of benzene rings is 1. The van der Waals surface area contributed by atoms with Crippen molar-refractivity contribution in [1.82, 2.24) is 4.98 Å². The van der Waals surface area contributed by atoms with Crippen LogP contribution < -0.4 is 0 Å². The van der Waals surface area contributed by atoms with E-state index in [2.05, 4.69) is 36.2 Å². The molecule has 0 saturated carbocycles. The normalized spacial score (nSPS) is 10.6. The van der Waals surface area contributed by atoms with Gasteiger partial charge in [0.1, 0.15) is 5.01 Å². The van der Waals surface area contributed by atoms with E-state index >= 15 is 0 Å². The number of aliphatic hydroxyl groups is 1. The molecule has 1 N–H and O–H groups in total. The summed E-state index contributed by atoms with van der Waals surface area (Å²) < 4.78 is 0. The van der Waals surface area contributed by atoms with Crippen LogP contribution in [0, 0.1) is 0 Å². The molecule has 0 saturated heterocycles. The van der Waals surface area contributed by atoms with Crippen molar-refractivity contribution in [2.45, 2.75) is 19.8 Å². The van der Waals surface area contributed by atoms with Crippen LogP contribution in [0.15, 0.2) is 30.5 Å². The van der Waals surface area contributed by atoms with E-state index in [1.54, 1.807) is 11.3 Å². The molecule has 84 valence electrons. The molecule has 16 heavy (non-hydrogen) atoms. The molecule has 1 heterocycles. The lowest BCUT2D eigenvalue weighted by atomic mass is 10.1. The quantitative estimate of drug-likeness (QED) is 0.880. The van der Waals surface area contributed by atoms with Gasteiger partial charge >= 0.3 is 0 Å². The Kier molecular flexibility index (Phi) is 3.70. The minimum absolute atomic E-state index is 0.191. The zero-order valence-electron chi connectivity index (χ0n) is 9.31. The topological polar surface area (TPSA) is 33.1 Å². The molecular formula is C13H15NOS. The fraction of sp³-hybridized carbons (Fsp3) is 0.308. The Hall–Kier alpha value is -1.19. The number of hydrogen-bond acceptors (Lipinski definition) is 3. The Morgan fingerprint density at radius 2 is 2.00 bits per heavy atom. The summed E-state index contributed by atoms with van der Waals surface area (Å²) in [6.45, 7) is 2.34. The molecule has 0 aliphatic heterocycles. The smallest absolute Gasteiger partial charge is 0.123 e. The van der Waals surface area contributed by atoms with Crippen molar-refractivity contribution in [1.29, 1.82) is 0 Å². The Morgan fingerprint density at radius 1 is 1.25 bits per heavy atom. The molecule has 2 aromatic rings. The number of thiazole rings is 1. The van der Waals surface area contributed by atoms with Crippen molar-refractivity contribution in [3.63, 3.8) is 0 Å². The lowest BCUT2D eigenvalue weighted by Crippen LogP contribution is -1.84. The first-order valence-corrected chi connectivity index (χ1v) is 6.30. The molecule has 0 bridgehead atoms. The van der Waals surface area contributed by atoms with Gasteiger partial charge in [-0.3, -0.25) is 0 Å². The van der Waals surface area contributed by atoms with Gasteiger partial charge in [0.15, 0.2) is 0 Å². The summed E-state index contributed by atoms with van der Waals surface area (Å²) in [7, 11) is 0. The number of aliphatic hydroxyl groups excluding tert-OH is 1. The highest BCUT2D eigenvalue weighted by Gasteiger charge is 2.04. The SMILES string of the molecule is CCc1ccc(-c2ncc(CCO)s2)cc1. The van der Waals surface area contributed by atoms with Crippen LogP contribution in [-0.2, 0) is 12.8 Å². The maximum Gasteiger partial charge on any atom is 0.123 e. The van der Waals surface area contributed by atoms with Crippen molar-refractivity contribution in [3.8, 4) is 10.6 Å². The first-order valence-electron chi connectivity index (χ1n) is 5.48. The third-order valence-electron chi connectivity index (χ3n) is 2.52. The summed E-state index contributed by atoms with van der Waals surface area (Å²) >= 11 is 1.65. The minimum atomic E-state index is 0.191. The van der Waals surface area contributed by atoms with E-state index < -0.39 is 0 Å². The van der Waals surface area contributed by atoms with Crippen molar-refractivity contribution in [2.75, 3.05) is 6.61 Å². The predicted octanol–water partition coefficient (Wildman–Crippen LogP) is 2.91. The molecule has 0 unspecified atom stereocenters. The Bertz CT molecular complexity index is 447. The van der Waals surface area contributed by atoms with Gasteiger partial charge in [-0.1, -0.05) is 31.2 Å². The van der Waals surface area contributed by atoms with Gasteiger partial charge in [0, 0.05) is 29.7 Å². The summed E-state index contributed by atoms with van der Waals surface area (Å²) in [4.78, 5) is 5.50. The van der Waals surface area contributed by atoms with Gasteiger partial charge in [-0.05, 0) is 12.0 Å². The zero-order valence-corrected chi connectivity index (χ0v) is 10.1. The van der Waals surface area contributed by atoms with Gasteiger partial charge in [-0.15, -0.1) is 11.3 Å². The van der Waals surface area contributed by atoms with Crippen LogP contribution in [0.4, 0.5) is 0 Å². The average molecular weight is 233 g/mol. The molecule has 2 nitrogen and oxygen atoms in total. The van der Waals surface area contributed by atoms with E-state index in [-0.39, 0.29) is 6.61 Å². The van der Waals surface area contributed by atoms with E-state index in [4.69, 9.17) is 5.11 Å². The van der Waals surface area contributed by atoms with Crippen molar-refractivity contribution >= 4 is 11.3 Å². The van der Waals surface area contributed by atoms with Gasteiger partial charge in [0.25, 0.3) is 0 Å². The Morgan fingerprint density at radius 3 is 2.62 bits per heavy atom. The second-order valence-corrected chi connectivity index (χ2v) is 4.77. The van der Waals surface area contributed by atoms with E-state index in [9.17, 15) is 0 Å². The van der Waals surface area contributed by atoms with Crippen molar-refractivity contribution in [2.24, 2.45) is 0 Å². The minimum Gasteiger partial charge on any atom is -0.396 e. The molecule has 0 atom stereocenters. The number of nitrogens with zero attached hydrogens (tertiary/aromatic N) is 1. The highest BCUT2D eigenvalue weighted by atomic mass is 32.1. The summed E-state index contributed by atoms with van der Waals surface area (Å²) in [5.41, 5.74) is 2.50. The molecule has 0 spiro atoms. The van der Waals surface area contributed by atoms with Gasteiger partial charge in [0.05, 0.1) is 0 Å². The molecular weight excluding hydrogens is 218 g/mol. The van der Waals surface area contributed by atoms with Gasteiger partial charge < -0.3 is 5.11 Å². The third-order valence-corrected chi connectivity index (χ3v) is 3.63.